The standard InChI is InChI=1S/C12H11ClO2/c1-2-7-14-8-11-12(15-11)9-3-5-10(13)6-4-9/h1,3-6,11-12H,7-8H2/t11-,12-/m1/s1. The molecule has 2 nitrogen and oxygen atoms in total. The molecule has 0 unspecified atom stereocenters. The Bertz CT molecular complexity index is 366. The molecular weight excluding hydrogens is 212 g/mol. The number of terminal acetylenes is 1. The quantitative estimate of drug-likeness (QED) is 0.443. The van der Waals surface area contributed by atoms with Crippen LogP contribution in [0.15, 0.2) is 24.3 Å². The lowest BCUT2D eigenvalue weighted by atomic mass is 10.1. The molecule has 0 N–H and O–H groups in total. The topological polar surface area (TPSA) is 21.8 Å². The van der Waals surface area contributed by atoms with Crippen LogP contribution in [-0.2, 0) is 9.47 Å². The van der Waals surface area contributed by atoms with Gasteiger partial charge in [0.1, 0.15) is 18.8 Å². The third-order valence-electron chi connectivity index (χ3n) is 2.25. The van der Waals surface area contributed by atoms with E-state index in [4.69, 9.17) is 27.5 Å². The van der Waals surface area contributed by atoms with Gasteiger partial charge in [-0.25, -0.2) is 0 Å². The van der Waals surface area contributed by atoms with Gasteiger partial charge in [0.2, 0.25) is 0 Å². The largest absolute Gasteiger partial charge is 0.366 e. The van der Waals surface area contributed by atoms with Gasteiger partial charge in [-0.05, 0) is 17.7 Å². The molecule has 1 fully saturated rings. The lowest BCUT2D eigenvalue weighted by Crippen LogP contribution is -2.02. The molecule has 1 aromatic carbocycles. The van der Waals surface area contributed by atoms with Gasteiger partial charge in [0.25, 0.3) is 0 Å². The molecule has 1 aliphatic rings. The maximum absolute atomic E-state index is 5.79. The molecule has 3 heteroatoms. The number of benzene rings is 1. The summed E-state index contributed by atoms with van der Waals surface area (Å²) >= 11 is 5.79. The van der Waals surface area contributed by atoms with E-state index in [1.165, 1.54) is 0 Å². The van der Waals surface area contributed by atoms with E-state index < -0.39 is 0 Å². The van der Waals surface area contributed by atoms with Gasteiger partial charge in [-0.3, -0.25) is 0 Å². The van der Waals surface area contributed by atoms with Crippen LogP contribution < -0.4 is 0 Å². The first-order valence-corrected chi connectivity index (χ1v) is 5.11. The summed E-state index contributed by atoms with van der Waals surface area (Å²) < 4.78 is 10.6. The monoisotopic (exact) mass is 222 g/mol. The second kappa shape index (κ2) is 4.67. The molecule has 78 valence electrons. The van der Waals surface area contributed by atoms with E-state index in [0.29, 0.717) is 13.2 Å². The van der Waals surface area contributed by atoms with Gasteiger partial charge in [-0.2, -0.15) is 0 Å². The zero-order valence-corrected chi connectivity index (χ0v) is 8.91. The van der Waals surface area contributed by atoms with Crippen molar-refractivity contribution in [2.75, 3.05) is 13.2 Å². The van der Waals surface area contributed by atoms with Gasteiger partial charge in [-0.1, -0.05) is 29.7 Å². The first-order chi connectivity index (χ1) is 7.31. The Morgan fingerprint density at radius 3 is 2.80 bits per heavy atom. The number of hydrogen-bond acceptors (Lipinski definition) is 2. The fourth-order valence-corrected chi connectivity index (χ4v) is 1.58. The third kappa shape index (κ3) is 2.73. The van der Waals surface area contributed by atoms with Gasteiger partial charge in [0, 0.05) is 5.02 Å². The maximum atomic E-state index is 5.79. The molecule has 15 heavy (non-hydrogen) atoms. The highest BCUT2D eigenvalue weighted by Crippen LogP contribution is 2.38. The summed E-state index contributed by atoms with van der Waals surface area (Å²) in [7, 11) is 0. The first kappa shape index (κ1) is 10.5. The zero-order valence-electron chi connectivity index (χ0n) is 8.15. The molecule has 1 heterocycles. The predicted molar refractivity (Wildman–Crippen MR) is 58.7 cm³/mol. The minimum Gasteiger partial charge on any atom is -0.366 e. The molecule has 0 aromatic heterocycles. The Kier molecular flexibility index (Phi) is 3.27. The van der Waals surface area contributed by atoms with Crippen molar-refractivity contribution in [3.63, 3.8) is 0 Å². The number of halogens is 1. The Labute approximate surface area is 94.1 Å². The summed E-state index contributed by atoms with van der Waals surface area (Å²) in [6.45, 7) is 0.894. The molecule has 0 bridgehead atoms. The summed E-state index contributed by atoms with van der Waals surface area (Å²) in [5.74, 6) is 2.42. The lowest BCUT2D eigenvalue weighted by molar-refractivity contribution is 0.145. The predicted octanol–water partition coefficient (Wildman–Crippen LogP) is 2.43. The number of rotatable bonds is 4. The number of epoxide rings is 1. The minimum absolute atomic E-state index is 0.138. The fraction of sp³-hybridized carbons (Fsp3) is 0.333. The molecule has 0 aliphatic carbocycles. The number of ether oxygens (including phenoxy) is 2. The zero-order chi connectivity index (χ0) is 10.7. The first-order valence-electron chi connectivity index (χ1n) is 4.73. The van der Waals surface area contributed by atoms with Crippen molar-refractivity contribution in [2.24, 2.45) is 0 Å². The average molecular weight is 223 g/mol. The van der Waals surface area contributed by atoms with Crippen molar-refractivity contribution in [3.05, 3.63) is 34.9 Å². The molecule has 1 aliphatic heterocycles. The van der Waals surface area contributed by atoms with E-state index in [1.54, 1.807) is 0 Å². The van der Waals surface area contributed by atoms with Gasteiger partial charge in [-0.15, -0.1) is 6.42 Å². The summed E-state index contributed by atoms with van der Waals surface area (Å²) in [5.41, 5.74) is 1.13. The van der Waals surface area contributed by atoms with Crippen molar-refractivity contribution in [1.29, 1.82) is 0 Å². The van der Waals surface area contributed by atoms with E-state index >= 15 is 0 Å². The molecule has 0 radical (unpaired) electrons. The second-order valence-electron chi connectivity index (χ2n) is 3.37. The van der Waals surface area contributed by atoms with E-state index in [1.807, 2.05) is 24.3 Å². The van der Waals surface area contributed by atoms with Crippen molar-refractivity contribution in [3.8, 4) is 12.3 Å². The van der Waals surface area contributed by atoms with Crippen LogP contribution in [0.2, 0.25) is 5.02 Å². The van der Waals surface area contributed by atoms with E-state index in [9.17, 15) is 0 Å². The van der Waals surface area contributed by atoms with Crippen LogP contribution in [0.5, 0.6) is 0 Å². The van der Waals surface area contributed by atoms with Crippen LogP contribution in [-0.4, -0.2) is 19.3 Å². The summed E-state index contributed by atoms with van der Waals surface area (Å²) in [6.07, 6.45) is 5.34. The van der Waals surface area contributed by atoms with Crippen molar-refractivity contribution >= 4 is 11.6 Å². The van der Waals surface area contributed by atoms with Crippen LogP contribution in [0.4, 0.5) is 0 Å². The molecule has 2 atom stereocenters. The van der Waals surface area contributed by atoms with Crippen molar-refractivity contribution in [1.82, 2.24) is 0 Å². The molecular formula is C12H11ClO2. The second-order valence-corrected chi connectivity index (χ2v) is 3.80. The summed E-state index contributed by atoms with van der Waals surface area (Å²) in [6, 6.07) is 7.65. The van der Waals surface area contributed by atoms with Gasteiger partial charge in [0.05, 0.1) is 6.61 Å². The number of hydrogen-bond donors (Lipinski definition) is 0. The molecule has 2 rings (SSSR count). The van der Waals surface area contributed by atoms with E-state index in [2.05, 4.69) is 5.92 Å². The molecule has 0 spiro atoms. The van der Waals surface area contributed by atoms with Gasteiger partial charge in [0.15, 0.2) is 0 Å². The van der Waals surface area contributed by atoms with Crippen molar-refractivity contribution in [2.45, 2.75) is 12.2 Å². The molecule has 1 aromatic rings. The van der Waals surface area contributed by atoms with Gasteiger partial charge < -0.3 is 9.47 Å². The third-order valence-corrected chi connectivity index (χ3v) is 2.50. The molecule has 0 saturated carbocycles. The van der Waals surface area contributed by atoms with Crippen LogP contribution in [0.3, 0.4) is 0 Å². The molecule has 0 amide bonds. The Morgan fingerprint density at radius 2 is 2.13 bits per heavy atom. The highest BCUT2D eigenvalue weighted by atomic mass is 35.5. The fourth-order valence-electron chi connectivity index (χ4n) is 1.45. The van der Waals surface area contributed by atoms with Crippen LogP contribution in [0.25, 0.3) is 0 Å². The average Bonchev–Trinajstić information content (AvgIpc) is 2.99. The maximum Gasteiger partial charge on any atom is 0.112 e. The highest BCUT2D eigenvalue weighted by Gasteiger charge is 2.40. The van der Waals surface area contributed by atoms with Crippen molar-refractivity contribution < 1.29 is 9.47 Å². The van der Waals surface area contributed by atoms with E-state index in [-0.39, 0.29) is 12.2 Å². The summed E-state index contributed by atoms with van der Waals surface area (Å²) in [5, 5.41) is 0.736. The van der Waals surface area contributed by atoms with Crippen LogP contribution >= 0.6 is 11.6 Å². The summed E-state index contributed by atoms with van der Waals surface area (Å²) in [4.78, 5) is 0. The van der Waals surface area contributed by atoms with Crippen LogP contribution in [0, 0.1) is 12.3 Å². The highest BCUT2D eigenvalue weighted by molar-refractivity contribution is 6.30. The smallest absolute Gasteiger partial charge is 0.112 e. The Balaban J connectivity index is 1.83. The molecule has 1 saturated heterocycles. The van der Waals surface area contributed by atoms with Crippen LogP contribution in [0.1, 0.15) is 11.7 Å². The minimum atomic E-state index is 0.138. The Morgan fingerprint density at radius 1 is 1.40 bits per heavy atom. The normalized spacial score (nSPS) is 23.5. The SMILES string of the molecule is C#CCOC[C@H]1O[C@@H]1c1ccc(Cl)cc1. The van der Waals surface area contributed by atoms with Gasteiger partial charge >= 0.3 is 0 Å². The lowest BCUT2D eigenvalue weighted by Gasteiger charge is -1.97. The Hall–Kier alpha value is -1.01. The van der Waals surface area contributed by atoms with E-state index in [0.717, 1.165) is 10.6 Å².